The Bertz CT molecular complexity index is 240. The molecule has 0 radical (unpaired) electrons. The van der Waals surface area contributed by atoms with Gasteiger partial charge in [-0.3, -0.25) is 0 Å². The summed E-state index contributed by atoms with van der Waals surface area (Å²) >= 11 is 0. The van der Waals surface area contributed by atoms with Crippen molar-refractivity contribution >= 4 is 6.03 Å². The van der Waals surface area contributed by atoms with Crippen LogP contribution in [0, 0.1) is 5.92 Å². The summed E-state index contributed by atoms with van der Waals surface area (Å²) in [5, 5.41) is 3.01. The number of carbonyl (C=O) groups excluding carboxylic acids is 1. The van der Waals surface area contributed by atoms with Gasteiger partial charge in [-0.25, -0.2) is 4.79 Å². The van der Waals surface area contributed by atoms with Crippen LogP contribution in [0.5, 0.6) is 0 Å². The van der Waals surface area contributed by atoms with Crippen molar-refractivity contribution in [2.75, 3.05) is 6.54 Å². The maximum atomic E-state index is 12.0. The minimum Gasteiger partial charge on any atom is -0.336 e. The van der Waals surface area contributed by atoms with Crippen molar-refractivity contribution in [1.82, 2.24) is 10.2 Å². The zero-order valence-electron chi connectivity index (χ0n) is 9.83. The Morgan fingerprint density at radius 3 is 2.73 bits per heavy atom. The number of piperidine rings is 1. The summed E-state index contributed by atoms with van der Waals surface area (Å²) in [5.41, 5.74) is 0. The van der Waals surface area contributed by atoms with Gasteiger partial charge in [0.05, 0.1) is 0 Å². The monoisotopic (exact) mass is 210 g/mol. The molecular formula is C12H22N2O. The Labute approximate surface area is 92.2 Å². The van der Waals surface area contributed by atoms with Gasteiger partial charge in [-0.1, -0.05) is 6.42 Å². The second-order valence-electron chi connectivity index (χ2n) is 5.20. The Morgan fingerprint density at radius 1 is 1.27 bits per heavy atom. The Balaban J connectivity index is 1.98. The third-order valence-corrected chi connectivity index (χ3v) is 3.67. The number of urea groups is 1. The molecule has 2 rings (SSSR count). The van der Waals surface area contributed by atoms with Crippen LogP contribution in [0.1, 0.15) is 46.0 Å². The summed E-state index contributed by atoms with van der Waals surface area (Å²) in [6.07, 6.45) is 6.37. The molecule has 0 bridgehead atoms. The first-order valence-electron chi connectivity index (χ1n) is 6.25. The molecule has 1 aliphatic carbocycles. The van der Waals surface area contributed by atoms with Crippen molar-refractivity contribution in [3.63, 3.8) is 0 Å². The summed E-state index contributed by atoms with van der Waals surface area (Å²) in [7, 11) is 0. The van der Waals surface area contributed by atoms with E-state index < -0.39 is 0 Å². The van der Waals surface area contributed by atoms with E-state index in [1.165, 1.54) is 32.1 Å². The van der Waals surface area contributed by atoms with Crippen molar-refractivity contribution in [2.45, 2.75) is 58.0 Å². The molecule has 2 amide bonds. The van der Waals surface area contributed by atoms with Gasteiger partial charge in [0.1, 0.15) is 0 Å². The largest absolute Gasteiger partial charge is 0.336 e. The first kappa shape index (κ1) is 10.8. The van der Waals surface area contributed by atoms with Crippen molar-refractivity contribution in [3.05, 3.63) is 0 Å². The number of nitrogens with zero attached hydrogens (tertiary/aromatic N) is 1. The highest BCUT2D eigenvalue weighted by atomic mass is 16.2. The van der Waals surface area contributed by atoms with Gasteiger partial charge < -0.3 is 10.2 Å². The van der Waals surface area contributed by atoms with E-state index in [9.17, 15) is 4.79 Å². The molecule has 2 aliphatic rings. The Kier molecular flexibility index (Phi) is 3.17. The highest BCUT2D eigenvalue weighted by Gasteiger charge is 2.37. The maximum absolute atomic E-state index is 12.0. The number of fused-ring (bicyclic) bond motifs is 1. The topological polar surface area (TPSA) is 32.3 Å². The molecule has 0 aromatic carbocycles. The molecule has 2 atom stereocenters. The van der Waals surface area contributed by atoms with Crippen molar-refractivity contribution in [1.29, 1.82) is 0 Å². The van der Waals surface area contributed by atoms with Crippen molar-refractivity contribution < 1.29 is 4.79 Å². The van der Waals surface area contributed by atoms with Crippen molar-refractivity contribution in [3.8, 4) is 0 Å². The lowest BCUT2D eigenvalue weighted by molar-refractivity contribution is 0.127. The quantitative estimate of drug-likeness (QED) is 0.708. The molecule has 1 heterocycles. The fourth-order valence-corrected chi connectivity index (χ4v) is 3.04. The predicted octanol–water partition coefficient (Wildman–Crippen LogP) is 2.37. The minimum atomic E-state index is 0.154. The number of rotatable bonds is 1. The van der Waals surface area contributed by atoms with E-state index in [4.69, 9.17) is 0 Å². The summed E-state index contributed by atoms with van der Waals surface area (Å²) in [6, 6.07) is 0.943. The second-order valence-corrected chi connectivity index (χ2v) is 5.20. The molecule has 3 nitrogen and oxygen atoms in total. The van der Waals surface area contributed by atoms with Crippen LogP contribution in [0.25, 0.3) is 0 Å². The third kappa shape index (κ3) is 2.27. The average Bonchev–Trinajstić information content (AvgIpc) is 2.63. The molecule has 0 aromatic rings. The van der Waals surface area contributed by atoms with Gasteiger partial charge in [0.25, 0.3) is 0 Å². The van der Waals surface area contributed by atoms with Crippen LogP contribution in [0.3, 0.4) is 0 Å². The fraction of sp³-hybridized carbons (Fsp3) is 0.917. The summed E-state index contributed by atoms with van der Waals surface area (Å²) in [6.45, 7) is 5.00. The smallest absolute Gasteiger partial charge is 0.317 e. The molecule has 2 fully saturated rings. The van der Waals surface area contributed by atoms with Gasteiger partial charge >= 0.3 is 6.03 Å². The summed E-state index contributed by atoms with van der Waals surface area (Å²) in [4.78, 5) is 14.1. The molecule has 2 unspecified atom stereocenters. The van der Waals surface area contributed by atoms with E-state index in [1.807, 2.05) is 13.8 Å². The van der Waals surface area contributed by atoms with Gasteiger partial charge in [0, 0.05) is 18.6 Å². The normalized spacial score (nSPS) is 30.5. The van der Waals surface area contributed by atoms with Gasteiger partial charge in [-0.15, -0.1) is 0 Å². The lowest BCUT2D eigenvalue weighted by Crippen LogP contribution is -2.51. The molecule has 3 heteroatoms. The van der Waals surface area contributed by atoms with E-state index in [1.54, 1.807) is 0 Å². The van der Waals surface area contributed by atoms with Gasteiger partial charge in [-0.2, -0.15) is 0 Å². The van der Waals surface area contributed by atoms with Crippen LogP contribution in [0.15, 0.2) is 0 Å². The first-order valence-corrected chi connectivity index (χ1v) is 6.25. The second kappa shape index (κ2) is 4.42. The molecule has 1 N–H and O–H groups in total. The lowest BCUT2D eigenvalue weighted by atomic mass is 9.92. The fourth-order valence-electron chi connectivity index (χ4n) is 3.04. The SMILES string of the molecule is CC(C)NC(=O)N1CCCC2CCCC21. The molecule has 0 aromatic heterocycles. The molecule has 0 spiro atoms. The zero-order chi connectivity index (χ0) is 10.8. The van der Waals surface area contributed by atoms with Crippen LogP contribution in [0.2, 0.25) is 0 Å². The van der Waals surface area contributed by atoms with Crippen LogP contribution < -0.4 is 5.32 Å². The molecule has 1 saturated heterocycles. The number of nitrogens with one attached hydrogen (secondary N) is 1. The Hall–Kier alpha value is -0.730. The summed E-state index contributed by atoms with van der Waals surface area (Å²) < 4.78 is 0. The van der Waals surface area contributed by atoms with Gasteiger partial charge in [0.15, 0.2) is 0 Å². The summed E-state index contributed by atoms with van der Waals surface area (Å²) in [5.74, 6) is 0.789. The molecule has 86 valence electrons. The average molecular weight is 210 g/mol. The first-order chi connectivity index (χ1) is 7.18. The highest BCUT2D eigenvalue weighted by molar-refractivity contribution is 5.75. The van der Waals surface area contributed by atoms with E-state index in [0.29, 0.717) is 6.04 Å². The Morgan fingerprint density at radius 2 is 2.00 bits per heavy atom. The minimum absolute atomic E-state index is 0.154. The van der Waals surface area contributed by atoms with Crippen molar-refractivity contribution in [2.24, 2.45) is 5.92 Å². The lowest BCUT2D eigenvalue weighted by Gasteiger charge is -2.38. The van der Waals surface area contributed by atoms with E-state index in [0.717, 1.165) is 12.5 Å². The van der Waals surface area contributed by atoms with Gasteiger partial charge in [-0.05, 0) is 45.4 Å². The third-order valence-electron chi connectivity index (χ3n) is 3.67. The van der Waals surface area contributed by atoms with Gasteiger partial charge in [0.2, 0.25) is 0 Å². The van der Waals surface area contributed by atoms with Crippen LogP contribution in [-0.4, -0.2) is 29.6 Å². The number of amides is 2. The number of hydrogen-bond donors (Lipinski definition) is 1. The van der Waals surface area contributed by atoms with Crippen LogP contribution in [-0.2, 0) is 0 Å². The zero-order valence-corrected chi connectivity index (χ0v) is 9.83. The predicted molar refractivity (Wildman–Crippen MR) is 60.7 cm³/mol. The van der Waals surface area contributed by atoms with E-state index >= 15 is 0 Å². The molecule has 1 saturated carbocycles. The van der Waals surface area contributed by atoms with E-state index in [2.05, 4.69) is 10.2 Å². The maximum Gasteiger partial charge on any atom is 0.317 e. The number of likely N-dealkylation sites (tertiary alicyclic amines) is 1. The number of hydrogen-bond acceptors (Lipinski definition) is 1. The number of carbonyl (C=O) groups is 1. The molecule has 1 aliphatic heterocycles. The van der Waals surface area contributed by atoms with Crippen LogP contribution in [0.4, 0.5) is 4.79 Å². The molecular weight excluding hydrogens is 188 g/mol. The highest BCUT2D eigenvalue weighted by Crippen LogP contribution is 2.36. The standard InChI is InChI=1S/C12H22N2O/c1-9(2)13-12(15)14-8-4-6-10-5-3-7-11(10)14/h9-11H,3-8H2,1-2H3,(H,13,15). The van der Waals surface area contributed by atoms with E-state index in [-0.39, 0.29) is 12.1 Å². The molecule has 15 heavy (non-hydrogen) atoms. The van der Waals surface area contributed by atoms with Crippen LogP contribution >= 0.6 is 0 Å².